The van der Waals surface area contributed by atoms with E-state index in [1.54, 1.807) is 12.2 Å². The van der Waals surface area contributed by atoms with E-state index in [9.17, 15) is 0 Å². The highest BCUT2D eigenvalue weighted by molar-refractivity contribution is 8.02. The van der Waals surface area contributed by atoms with Gasteiger partial charge >= 0.3 is 0 Å². The van der Waals surface area contributed by atoms with Gasteiger partial charge in [-0.25, -0.2) is 0 Å². The van der Waals surface area contributed by atoms with Crippen molar-refractivity contribution in [2.24, 2.45) is 5.73 Å². The predicted molar refractivity (Wildman–Crippen MR) is 53.1 cm³/mol. The Morgan fingerprint density at radius 2 is 2.64 bits per heavy atom. The Labute approximate surface area is 80.2 Å². The number of thioether (sulfide) groups is 1. The molecule has 2 nitrogen and oxygen atoms in total. The summed E-state index contributed by atoms with van der Waals surface area (Å²) in [6, 6.07) is 0. The summed E-state index contributed by atoms with van der Waals surface area (Å²) < 4.78 is 1.45. The van der Waals surface area contributed by atoms with Gasteiger partial charge in [0.15, 0.2) is 0 Å². The van der Waals surface area contributed by atoms with Gasteiger partial charge < -0.3 is 5.73 Å². The van der Waals surface area contributed by atoms with Crippen LogP contribution < -0.4 is 5.73 Å². The Morgan fingerprint density at radius 3 is 3.09 bits per heavy atom. The molecule has 11 heavy (non-hydrogen) atoms. The Balaban J connectivity index is 2.60. The van der Waals surface area contributed by atoms with Gasteiger partial charge in [-0.2, -0.15) is 0 Å². The molecule has 1 atom stereocenters. The maximum atomic E-state index is 5.77. The van der Waals surface area contributed by atoms with Crippen molar-refractivity contribution in [1.29, 1.82) is 0 Å². The topological polar surface area (TPSA) is 29.3 Å². The molecule has 0 spiro atoms. The molecular formula is C6H6ClN2S2. The van der Waals surface area contributed by atoms with Gasteiger partial charge in [-0.3, -0.25) is 4.42 Å². The van der Waals surface area contributed by atoms with Crippen LogP contribution in [0.2, 0.25) is 0 Å². The minimum absolute atomic E-state index is 0.193. The van der Waals surface area contributed by atoms with Gasteiger partial charge in [0.25, 0.3) is 0 Å². The molecule has 0 amide bonds. The minimum atomic E-state index is -0.193. The maximum absolute atomic E-state index is 5.77. The summed E-state index contributed by atoms with van der Waals surface area (Å²) in [5, 5.41) is 4.33. The van der Waals surface area contributed by atoms with E-state index in [-0.39, 0.29) is 5.50 Å². The minimum Gasteiger partial charge on any atom is -0.301 e. The zero-order valence-electron chi connectivity index (χ0n) is 5.53. The fraction of sp³-hybridized carbons (Fsp3) is 0.167. The Morgan fingerprint density at radius 1 is 1.91 bits per heavy atom. The van der Waals surface area contributed by atoms with E-state index in [0.29, 0.717) is 0 Å². The molecule has 1 rings (SSSR count). The van der Waals surface area contributed by atoms with Gasteiger partial charge in [-0.15, -0.1) is 0 Å². The molecule has 1 radical (unpaired) electrons. The number of hydrogen-bond acceptors (Lipinski definition) is 4. The summed E-state index contributed by atoms with van der Waals surface area (Å²) >= 11 is 11.7. The number of nitrogens with zero attached hydrogens (tertiary/aromatic N) is 1. The first-order chi connectivity index (χ1) is 5.25. The SMILES string of the molecule is NC1SC=C(C=C[C]=S)N1Cl. The molecule has 0 fully saturated rings. The third-order valence-electron chi connectivity index (χ3n) is 1.12. The molecule has 0 aliphatic carbocycles. The number of allylic oxidation sites excluding steroid dienone is 2. The van der Waals surface area contributed by atoms with Crippen LogP contribution in [0.25, 0.3) is 0 Å². The fourth-order valence-electron chi connectivity index (χ4n) is 0.620. The quantitative estimate of drug-likeness (QED) is 0.422. The summed E-state index contributed by atoms with van der Waals surface area (Å²) in [5.41, 5.74) is 6.22. The highest BCUT2D eigenvalue weighted by Crippen LogP contribution is 2.29. The van der Waals surface area contributed by atoms with Crippen molar-refractivity contribution in [3.8, 4) is 0 Å². The van der Waals surface area contributed by atoms with Crippen molar-refractivity contribution < 1.29 is 0 Å². The Hall–Kier alpha value is -0.0300. The Bertz CT molecular complexity index is 215. The van der Waals surface area contributed by atoms with Gasteiger partial charge in [0.05, 0.1) is 11.1 Å². The summed E-state index contributed by atoms with van der Waals surface area (Å²) in [4.78, 5) is 0. The molecule has 1 unspecified atom stereocenters. The number of rotatable bonds is 2. The van der Waals surface area contributed by atoms with Gasteiger partial charge in [0.2, 0.25) is 0 Å². The fourth-order valence-corrected chi connectivity index (χ4v) is 1.69. The second kappa shape index (κ2) is 4.11. The van der Waals surface area contributed by atoms with Crippen molar-refractivity contribution in [3.05, 3.63) is 23.3 Å². The van der Waals surface area contributed by atoms with E-state index in [2.05, 4.69) is 17.6 Å². The summed E-state index contributed by atoms with van der Waals surface area (Å²) in [6.07, 6.45) is 3.38. The van der Waals surface area contributed by atoms with Crippen LogP contribution in [0.5, 0.6) is 0 Å². The van der Waals surface area contributed by atoms with E-state index in [1.165, 1.54) is 16.2 Å². The first-order valence-electron chi connectivity index (χ1n) is 2.86. The van der Waals surface area contributed by atoms with Crippen molar-refractivity contribution in [2.75, 3.05) is 0 Å². The van der Waals surface area contributed by atoms with E-state index in [0.717, 1.165) is 5.70 Å². The van der Waals surface area contributed by atoms with Crippen molar-refractivity contribution in [2.45, 2.75) is 5.50 Å². The van der Waals surface area contributed by atoms with Crippen LogP contribution in [-0.2, 0) is 0 Å². The van der Waals surface area contributed by atoms with E-state index < -0.39 is 0 Å². The molecule has 59 valence electrons. The lowest BCUT2D eigenvalue weighted by atomic mass is 10.4. The third kappa shape index (κ3) is 2.20. The maximum Gasteiger partial charge on any atom is 0.144 e. The second-order valence-electron chi connectivity index (χ2n) is 1.83. The molecule has 2 N–H and O–H groups in total. The van der Waals surface area contributed by atoms with Crippen LogP contribution in [0.3, 0.4) is 0 Å². The molecule has 0 aromatic rings. The van der Waals surface area contributed by atoms with Crippen LogP contribution in [0.4, 0.5) is 0 Å². The third-order valence-corrected chi connectivity index (χ3v) is 2.64. The standard InChI is InChI=1S/C6H6ClN2S2/c7-9-5(2-1-3-10)4-11-6(9)8/h1-2,4,6H,8H2. The number of thiocarbonyl (C=S) groups is 1. The molecule has 0 bridgehead atoms. The molecule has 5 heteroatoms. The first-order valence-corrected chi connectivity index (χ1v) is 4.55. The van der Waals surface area contributed by atoms with Crippen molar-refractivity contribution in [1.82, 2.24) is 4.42 Å². The lowest BCUT2D eigenvalue weighted by molar-refractivity contribution is 0.560. The highest BCUT2D eigenvalue weighted by Gasteiger charge is 2.19. The van der Waals surface area contributed by atoms with Crippen LogP contribution in [-0.4, -0.2) is 15.3 Å². The van der Waals surface area contributed by atoms with Gasteiger partial charge in [0, 0.05) is 11.8 Å². The second-order valence-corrected chi connectivity index (χ2v) is 3.42. The van der Waals surface area contributed by atoms with Crippen molar-refractivity contribution in [3.63, 3.8) is 0 Å². The number of nitrogens with two attached hydrogens (primary N) is 1. The average Bonchev–Trinajstić information content (AvgIpc) is 2.31. The van der Waals surface area contributed by atoms with Gasteiger partial charge in [0.1, 0.15) is 5.50 Å². The molecular weight excluding hydrogens is 200 g/mol. The van der Waals surface area contributed by atoms with Crippen LogP contribution in [0, 0.1) is 0 Å². The lowest BCUT2D eigenvalue weighted by Gasteiger charge is -2.14. The molecule has 0 saturated heterocycles. The van der Waals surface area contributed by atoms with E-state index in [1.807, 2.05) is 5.41 Å². The largest absolute Gasteiger partial charge is 0.301 e. The lowest BCUT2D eigenvalue weighted by Crippen LogP contribution is -2.26. The highest BCUT2D eigenvalue weighted by atomic mass is 35.5. The zero-order chi connectivity index (χ0) is 8.27. The van der Waals surface area contributed by atoms with Crippen LogP contribution in [0.15, 0.2) is 23.3 Å². The summed E-state index contributed by atoms with van der Waals surface area (Å²) in [7, 11) is 0. The monoisotopic (exact) mass is 205 g/mol. The molecule has 0 saturated carbocycles. The first kappa shape index (κ1) is 9.06. The summed E-state index contributed by atoms with van der Waals surface area (Å²) in [6.45, 7) is 0. The average molecular weight is 206 g/mol. The molecule has 0 aromatic heterocycles. The zero-order valence-corrected chi connectivity index (χ0v) is 7.92. The smallest absolute Gasteiger partial charge is 0.144 e. The molecule has 1 aliphatic rings. The van der Waals surface area contributed by atoms with Crippen LogP contribution in [0.1, 0.15) is 0 Å². The molecule has 1 aliphatic heterocycles. The van der Waals surface area contributed by atoms with Gasteiger partial charge in [-0.1, -0.05) is 24.0 Å². The molecule has 1 heterocycles. The predicted octanol–water partition coefficient (Wildman–Crippen LogP) is 1.71. The van der Waals surface area contributed by atoms with E-state index >= 15 is 0 Å². The van der Waals surface area contributed by atoms with Crippen LogP contribution >= 0.6 is 35.8 Å². The number of hydrogen-bond donors (Lipinski definition) is 1. The van der Waals surface area contributed by atoms with Crippen molar-refractivity contribution >= 4 is 41.1 Å². The number of halogens is 1. The Kier molecular flexibility index (Phi) is 3.39. The summed E-state index contributed by atoms with van der Waals surface area (Å²) in [5.74, 6) is 0. The molecule has 0 aromatic carbocycles. The van der Waals surface area contributed by atoms with Gasteiger partial charge in [-0.05, 0) is 17.6 Å². The van der Waals surface area contributed by atoms with E-state index in [4.69, 9.17) is 17.5 Å². The normalized spacial score (nSPS) is 24.4.